The molecule has 0 radical (unpaired) electrons. The first-order chi connectivity index (χ1) is 8.56. The highest BCUT2D eigenvalue weighted by molar-refractivity contribution is 7.14. The Kier molecular flexibility index (Phi) is 4.07. The van der Waals surface area contributed by atoms with E-state index in [4.69, 9.17) is 0 Å². The van der Waals surface area contributed by atoms with Crippen molar-refractivity contribution in [1.29, 1.82) is 0 Å². The number of aryl methyl sites for hydroxylation is 2. The van der Waals surface area contributed by atoms with Gasteiger partial charge < -0.3 is 10.4 Å². The van der Waals surface area contributed by atoms with Crippen LogP contribution < -0.4 is 5.32 Å². The summed E-state index contributed by atoms with van der Waals surface area (Å²) in [7, 11) is 0. The Morgan fingerprint density at radius 1 is 1.44 bits per heavy atom. The van der Waals surface area contributed by atoms with Gasteiger partial charge in [0.25, 0.3) is 5.91 Å². The van der Waals surface area contributed by atoms with Crippen molar-refractivity contribution in [3.05, 3.63) is 21.4 Å². The van der Waals surface area contributed by atoms with E-state index < -0.39 is 0 Å². The third-order valence-corrected chi connectivity index (χ3v) is 5.16. The molecule has 4 heteroatoms. The highest BCUT2D eigenvalue weighted by atomic mass is 32.1. The molecule has 0 spiro atoms. The zero-order valence-corrected chi connectivity index (χ0v) is 11.9. The summed E-state index contributed by atoms with van der Waals surface area (Å²) in [6.07, 6.45) is 4.36. The summed E-state index contributed by atoms with van der Waals surface area (Å²) in [6, 6.07) is 1.94. The number of aliphatic hydroxyl groups is 1. The number of rotatable bonds is 4. The van der Waals surface area contributed by atoms with Crippen LogP contribution in [0.4, 0.5) is 0 Å². The zero-order valence-electron chi connectivity index (χ0n) is 11.1. The van der Waals surface area contributed by atoms with Crippen LogP contribution in [0, 0.1) is 19.3 Å². The number of hydrogen-bond acceptors (Lipinski definition) is 3. The molecule has 1 heterocycles. The highest BCUT2D eigenvalue weighted by Crippen LogP contribution is 2.37. The first-order valence-electron chi connectivity index (χ1n) is 6.52. The van der Waals surface area contributed by atoms with Crippen molar-refractivity contribution in [3.8, 4) is 0 Å². The number of hydrogen-bond donors (Lipinski definition) is 2. The number of thiophene rings is 1. The quantitative estimate of drug-likeness (QED) is 0.881. The summed E-state index contributed by atoms with van der Waals surface area (Å²) in [5, 5.41) is 12.5. The Labute approximate surface area is 112 Å². The van der Waals surface area contributed by atoms with Gasteiger partial charge >= 0.3 is 0 Å². The van der Waals surface area contributed by atoms with Crippen molar-refractivity contribution in [2.75, 3.05) is 13.2 Å². The van der Waals surface area contributed by atoms with Crippen LogP contribution in [0.3, 0.4) is 0 Å². The number of carbonyl (C=O) groups excluding carboxylic acids is 1. The van der Waals surface area contributed by atoms with Gasteiger partial charge in [0.15, 0.2) is 0 Å². The van der Waals surface area contributed by atoms with E-state index in [2.05, 4.69) is 5.32 Å². The molecule has 2 rings (SSSR count). The average molecular weight is 267 g/mol. The molecule has 3 nitrogen and oxygen atoms in total. The van der Waals surface area contributed by atoms with Crippen LogP contribution in [-0.2, 0) is 0 Å². The monoisotopic (exact) mass is 267 g/mol. The van der Waals surface area contributed by atoms with Crippen molar-refractivity contribution < 1.29 is 9.90 Å². The molecule has 0 aliphatic heterocycles. The molecule has 2 N–H and O–H groups in total. The molecular weight excluding hydrogens is 246 g/mol. The lowest BCUT2D eigenvalue weighted by atomic mass is 9.87. The van der Waals surface area contributed by atoms with Crippen molar-refractivity contribution in [2.45, 2.75) is 39.5 Å². The zero-order chi connectivity index (χ0) is 13.2. The second-order valence-electron chi connectivity index (χ2n) is 5.40. The second-order valence-corrected chi connectivity index (χ2v) is 6.65. The molecule has 0 unspecified atom stereocenters. The number of nitrogens with one attached hydrogen (secondary N) is 1. The highest BCUT2D eigenvalue weighted by Gasteiger charge is 2.33. The maximum Gasteiger partial charge on any atom is 0.261 e. The molecule has 0 aromatic carbocycles. The summed E-state index contributed by atoms with van der Waals surface area (Å²) in [5.41, 5.74) is 1.10. The third-order valence-electron chi connectivity index (χ3n) is 4.01. The van der Waals surface area contributed by atoms with Crippen molar-refractivity contribution in [1.82, 2.24) is 5.32 Å². The Morgan fingerprint density at radius 2 is 2.11 bits per heavy atom. The van der Waals surface area contributed by atoms with Crippen molar-refractivity contribution in [2.24, 2.45) is 5.41 Å². The van der Waals surface area contributed by atoms with E-state index in [-0.39, 0.29) is 17.9 Å². The predicted octanol–water partition coefficient (Wildman–Crippen LogP) is 2.65. The fourth-order valence-corrected chi connectivity index (χ4v) is 3.51. The minimum Gasteiger partial charge on any atom is -0.396 e. The van der Waals surface area contributed by atoms with Gasteiger partial charge in [0.2, 0.25) is 0 Å². The van der Waals surface area contributed by atoms with E-state index in [0.29, 0.717) is 6.54 Å². The van der Waals surface area contributed by atoms with Gasteiger partial charge in [-0.3, -0.25) is 4.79 Å². The van der Waals surface area contributed by atoms with E-state index in [9.17, 15) is 9.90 Å². The molecule has 18 heavy (non-hydrogen) atoms. The molecule has 1 aromatic rings. The SMILES string of the molecule is Cc1cc(C(=O)NCC2(CO)CCCC2)sc1C. The maximum absolute atomic E-state index is 12.0. The van der Waals surface area contributed by atoms with Crippen LogP contribution in [0.2, 0.25) is 0 Å². The molecule has 100 valence electrons. The van der Waals surface area contributed by atoms with Crippen molar-refractivity contribution in [3.63, 3.8) is 0 Å². The molecule has 1 fully saturated rings. The van der Waals surface area contributed by atoms with Gasteiger partial charge in [-0.1, -0.05) is 12.8 Å². The first-order valence-corrected chi connectivity index (χ1v) is 7.34. The fraction of sp³-hybridized carbons (Fsp3) is 0.643. The Hall–Kier alpha value is -0.870. The Morgan fingerprint density at radius 3 is 2.61 bits per heavy atom. The fourth-order valence-electron chi connectivity index (χ4n) is 2.56. The van der Waals surface area contributed by atoms with E-state index >= 15 is 0 Å². The van der Waals surface area contributed by atoms with Crippen LogP contribution in [0.25, 0.3) is 0 Å². The summed E-state index contributed by atoms with van der Waals surface area (Å²) >= 11 is 1.54. The molecule has 0 saturated heterocycles. The molecule has 0 bridgehead atoms. The van der Waals surface area contributed by atoms with Gasteiger partial charge in [0.1, 0.15) is 0 Å². The topological polar surface area (TPSA) is 49.3 Å². The lowest BCUT2D eigenvalue weighted by Crippen LogP contribution is -2.38. The minimum atomic E-state index is -0.0724. The third kappa shape index (κ3) is 2.75. The van der Waals surface area contributed by atoms with Crippen LogP contribution in [0.15, 0.2) is 6.07 Å². The van der Waals surface area contributed by atoms with Crippen LogP contribution >= 0.6 is 11.3 Å². The van der Waals surface area contributed by atoms with Gasteiger partial charge in [0.05, 0.1) is 11.5 Å². The Balaban J connectivity index is 1.95. The second kappa shape index (κ2) is 5.41. The molecular formula is C14H21NO2S. The number of amides is 1. The molecule has 0 atom stereocenters. The minimum absolute atomic E-state index is 0.00377. The van der Waals surface area contributed by atoms with Gasteiger partial charge in [-0.2, -0.15) is 0 Å². The predicted molar refractivity (Wildman–Crippen MR) is 74.1 cm³/mol. The van der Waals surface area contributed by atoms with E-state index in [0.717, 1.165) is 30.6 Å². The smallest absolute Gasteiger partial charge is 0.261 e. The molecule has 1 aliphatic rings. The summed E-state index contributed by atoms with van der Waals surface area (Å²) in [5.74, 6) is -0.00377. The summed E-state index contributed by atoms with van der Waals surface area (Å²) < 4.78 is 0. The summed E-state index contributed by atoms with van der Waals surface area (Å²) in [4.78, 5) is 14.0. The van der Waals surface area contributed by atoms with Crippen LogP contribution in [0.5, 0.6) is 0 Å². The number of aliphatic hydroxyl groups excluding tert-OH is 1. The van der Waals surface area contributed by atoms with Gasteiger partial charge in [-0.05, 0) is 38.3 Å². The average Bonchev–Trinajstić information content (AvgIpc) is 2.95. The standard InChI is InChI=1S/C14H21NO2S/c1-10-7-12(18-11(10)2)13(17)15-8-14(9-16)5-3-4-6-14/h7,16H,3-6,8-9H2,1-2H3,(H,15,17). The molecule has 1 amide bonds. The normalized spacial score (nSPS) is 17.9. The lowest BCUT2D eigenvalue weighted by Gasteiger charge is -2.26. The lowest BCUT2D eigenvalue weighted by molar-refractivity contribution is 0.0884. The molecule has 1 aromatic heterocycles. The molecule has 1 aliphatic carbocycles. The van der Waals surface area contributed by atoms with E-state index in [1.54, 1.807) is 0 Å². The maximum atomic E-state index is 12.0. The van der Waals surface area contributed by atoms with E-state index in [1.165, 1.54) is 21.8 Å². The largest absolute Gasteiger partial charge is 0.396 e. The van der Waals surface area contributed by atoms with Crippen LogP contribution in [-0.4, -0.2) is 24.2 Å². The van der Waals surface area contributed by atoms with Gasteiger partial charge in [-0.15, -0.1) is 11.3 Å². The van der Waals surface area contributed by atoms with Crippen LogP contribution in [0.1, 0.15) is 45.8 Å². The number of carbonyl (C=O) groups is 1. The van der Waals surface area contributed by atoms with Gasteiger partial charge in [0, 0.05) is 16.8 Å². The molecule has 1 saturated carbocycles. The summed E-state index contributed by atoms with van der Waals surface area (Å²) in [6.45, 7) is 4.83. The Bertz CT molecular complexity index is 414. The van der Waals surface area contributed by atoms with Crippen molar-refractivity contribution >= 4 is 17.2 Å². The van der Waals surface area contributed by atoms with Gasteiger partial charge in [-0.25, -0.2) is 0 Å². The van der Waals surface area contributed by atoms with E-state index in [1.807, 2.05) is 19.9 Å². The first kappa shape index (κ1) is 13.6.